The van der Waals surface area contributed by atoms with Crippen molar-refractivity contribution in [3.8, 4) is 5.75 Å². The Morgan fingerprint density at radius 2 is 1.86 bits per heavy atom. The zero-order valence-electron chi connectivity index (χ0n) is 12.9. The molecule has 0 bridgehead atoms. The standard InChI is InChI=1S/C18H20ClNO2/c1-13-12-17(14(2)11-16(13)19)22-10-6-9-18(21)20-15-7-4-3-5-8-15/h3-5,7-8,11-12H,6,9-10H2,1-2H3,(H,20,21). The fourth-order valence-corrected chi connectivity index (χ4v) is 2.29. The van der Waals surface area contributed by atoms with E-state index in [0.29, 0.717) is 19.4 Å². The predicted octanol–water partition coefficient (Wildman–Crippen LogP) is 4.75. The lowest BCUT2D eigenvalue weighted by Crippen LogP contribution is -2.12. The highest BCUT2D eigenvalue weighted by Gasteiger charge is 2.05. The number of benzene rings is 2. The maximum atomic E-state index is 11.8. The molecule has 2 aromatic rings. The van der Waals surface area contributed by atoms with Crippen LogP contribution >= 0.6 is 11.6 Å². The molecule has 2 aromatic carbocycles. The van der Waals surface area contributed by atoms with Crippen molar-refractivity contribution in [2.75, 3.05) is 11.9 Å². The van der Waals surface area contributed by atoms with E-state index in [-0.39, 0.29) is 5.91 Å². The van der Waals surface area contributed by atoms with Gasteiger partial charge in [0.05, 0.1) is 6.61 Å². The van der Waals surface area contributed by atoms with Crippen LogP contribution in [0.1, 0.15) is 24.0 Å². The van der Waals surface area contributed by atoms with Gasteiger partial charge in [-0.1, -0.05) is 29.8 Å². The van der Waals surface area contributed by atoms with Gasteiger partial charge >= 0.3 is 0 Å². The molecule has 3 nitrogen and oxygen atoms in total. The number of amides is 1. The van der Waals surface area contributed by atoms with Crippen LogP contribution < -0.4 is 10.1 Å². The molecule has 1 N–H and O–H groups in total. The van der Waals surface area contributed by atoms with Gasteiger partial charge < -0.3 is 10.1 Å². The summed E-state index contributed by atoms with van der Waals surface area (Å²) in [5, 5.41) is 3.60. The van der Waals surface area contributed by atoms with Crippen molar-refractivity contribution in [3.05, 3.63) is 58.6 Å². The molecule has 0 atom stereocenters. The highest BCUT2D eigenvalue weighted by molar-refractivity contribution is 6.31. The zero-order valence-corrected chi connectivity index (χ0v) is 13.6. The number of aryl methyl sites for hydroxylation is 2. The van der Waals surface area contributed by atoms with Crippen molar-refractivity contribution in [2.45, 2.75) is 26.7 Å². The lowest BCUT2D eigenvalue weighted by molar-refractivity contribution is -0.116. The van der Waals surface area contributed by atoms with E-state index in [4.69, 9.17) is 16.3 Å². The van der Waals surface area contributed by atoms with Crippen molar-refractivity contribution < 1.29 is 9.53 Å². The summed E-state index contributed by atoms with van der Waals surface area (Å²) in [4.78, 5) is 11.8. The van der Waals surface area contributed by atoms with Gasteiger partial charge in [0.15, 0.2) is 0 Å². The molecular formula is C18H20ClNO2. The van der Waals surface area contributed by atoms with Gasteiger partial charge in [-0.15, -0.1) is 0 Å². The molecule has 0 aliphatic rings. The Labute approximate surface area is 136 Å². The van der Waals surface area contributed by atoms with Gasteiger partial charge in [0.2, 0.25) is 5.91 Å². The van der Waals surface area contributed by atoms with Gasteiger partial charge in [0, 0.05) is 17.1 Å². The molecule has 0 heterocycles. The van der Waals surface area contributed by atoms with E-state index in [9.17, 15) is 4.79 Å². The summed E-state index contributed by atoms with van der Waals surface area (Å²) in [5.41, 5.74) is 2.81. The number of anilines is 1. The number of carbonyl (C=O) groups is 1. The van der Waals surface area contributed by atoms with E-state index in [1.807, 2.05) is 56.3 Å². The minimum absolute atomic E-state index is 0.00110. The van der Waals surface area contributed by atoms with Crippen molar-refractivity contribution in [3.63, 3.8) is 0 Å². The molecule has 116 valence electrons. The van der Waals surface area contributed by atoms with Crippen LogP contribution in [0.15, 0.2) is 42.5 Å². The second-order valence-corrected chi connectivity index (χ2v) is 5.64. The second kappa shape index (κ2) is 7.85. The SMILES string of the molecule is Cc1cc(OCCCC(=O)Nc2ccccc2)c(C)cc1Cl. The normalized spacial score (nSPS) is 10.3. The lowest BCUT2D eigenvalue weighted by Gasteiger charge is -2.11. The molecule has 0 aliphatic carbocycles. The molecule has 0 saturated heterocycles. The fraction of sp³-hybridized carbons (Fsp3) is 0.278. The number of hydrogen-bond acceptors (Lipinski definition) is 2. The summed E-state index contributed by atoms with van der Waals surface area (Å²) < 4.78 is 5.73. The molecule has 0 aliphatic heterocycles. The molecule has 0 aromatic heterocycles. The third-order valence-corrected chi connectivity index (χ3v) is 3.73. The maximum Gasteiger partial charge on any atom is 0.224 e. The van der Waals surface area contributed by atoms with Gasteiger partial charge in [-0.25, -0.2) is 0 Å². The number of ether oxygens (including phenoxy) is 1. The molecular weight excluding hydrogens is 298 g/mol. The summed E-state index contributed by atoms with van der Waals surface area (Å²) in [5.74, 6) is 0.823. The summed E-state index contributed by atoms with van der Waals surface area (Å²) in [7, 11) is 0. The molecule has 1 amide bonds. The average molecular weight is 318 g/mol. The van der Waals surface area contributed by atoms with Crippen LogP contribution in [0.25, 0.3) is 0 Å². The molecule has 4 heteroatoms. The topological polar surface area (TPSA) is 38.3 Å². The van der Waals surface area contributed by atoms with Gasteiger partial charge in [-0.05, 0) is 55.7 Å². The van der Waals surface area contributed by atoms with Crippen molar-refractivity contribution in [1.82, 2.24) is 0 Å². The van der Waals surface area contributed by atoms with Crippen molar-refractivity contribution in [2.24, 2.45) is 0 Å². The Morgan fingerprint density at radius 1 is 1.14 bits per heavy atom. The van der Waals surface area contributed by atoms with Crippen LogP contribution in [0.2, 0.25) is 5.02 Å². The quantitative estimate of drug-likeness (QED) is 0.780. The molecule has 0 unspecified atom stereocenters. The van der Waals surface area contributed by atoms with Crippen LogP contribution in [0.5, 0.6) is 5.75 Å². The van der Waals surface area contributed by atoms with Gasteiger partial charge in [0.1, 0.15) is 5.75 Å². The third-order valence-electron chi connectivity index (χ3n) is 3.32. The van der Waals surface area contributed by atoms with Gasteiger partial charge in [0.25, 0.3) is 0 Å². The highest BCUT2D eigenvalue weighted by atomic mass is 35.5. The number of carbonyl (C=O) groups excluding carboxylic acids is 1. The minimum Gasteiger partial charge on any atom is -0.493 e. The van der Waals surface area contributed by atoms with Gasteiger partial charge in [-0.3, -0.25) is 4.79 Å². The number of para-hydroxylation sites is 1. The van der Waals surface area contributed by atoms with Crippen LogP contribution in [-0.4, -0.2) is 12.5 Å². The largest absolute Gasteiger partial charge is 0.493 e. The van der Waals surface area contributed by atoms with E-state index in [0.717, 1.165) is 27.6 Å². The number of nitrogens with one attached hydrogen (secondary N) is 1. The van der Waals surface area contributed by atoms with E-state index in [1.54, 1.807) is 0 Å². The Kier molecular flexibility index (Phi) is 5.84. The van der Waals surface area contributed by atoms with Crippen LogP contribution in [-0.2, 0) is 4.79 Å². The van der Waals surface area contributed by atoms with E-state index < -0.39 is 0 Å². The first kappa shape index (κ1) is 16.4. The van der Waals surface area contributed by atoms with E-state index in [1.165, 1.54) is 0 Å². The van der Waals surface area contributed by atoms with Crippen LogP contribution in [0, 0.1) is 13.8 Å². The Balaban J connectivity index is 1.75. The average Bonchev–Trinajstić information content (AvgIpc) is 2.49. The summed E-state index contributed by atoms with van der Waals surface area (Å²) in [6.07, 6.45) is 1.10. The third kappa shape index (κ3) is 4.78. The second-order valence-electron chi connectivity index (χ2n) is 5.23. The minimum atomic E-state index is -0.00110. The maximum absolute atomic E-state index is 11.8. The molecule has 0 spiro atoms. The lowest BCUT2D eigenvalue weighted by atomic mass is 10.1. The molecule has 22 heavy (non-hydrogen) atoms. The van der Waals surface area contributed by atoms with Gasteiger partial charge in [-0.2, -0.15) is 0 Å². The first-order chi connectivity index (χ1) is 10.6. The highest BCUT2D eigenvalue weighted by Crippen LogP contribution is 2.26. The molecule has 0 saturated carbocycles. The predicted molar refractivity (Wildman–Crippen MR) is 90.7 cm³/mol. The summed E-state index contributed by atoms with van der Waals surface area (Å²) >= 11 is 6.06. The number of halogens is 1. The molecule has 0 radical (unpaired) electrons. The van der Waals surface area contributed by atoms with Crippen molar-refractivity contribution in [1.29, 1.82) is 0 Å². The molecule has 0 fully saturated rings. The fourth-order valence-electron chi connectivity index (χ4n) is 2.07. The van der Waals surface area contributed by atoms with Crippen LogP contribution in [0.4, 0.5) is 5.69 Å². The first-order valence-corrected chi connectivity index (χ1v) is 7.68. The van der Waals surface area contributed by atoms with E-state index in [2.05, 4.69) is 5.32 Å². The first-order valence-electron chi connectivity index (χ1n) is 7.30. The Morgan fingerprint density at radius 3 is 2.59 bits per heavy atom. The Bertz CT molecular complexity index is 641. The summed E-state index contributed by atoms with van der Waals surface area (Å²) in [6.45, 7) is 4.41. The molecule has 2 rings (SSSR count). The van der Waals surface area contributed by atoms with E-state index >= 15 is 0 Å². The smallest absolute Gasteiger partial charge is 0.224 e. The zero-order chi connectivity index (χ0) is 15.9. The van der Waals surface area contributed by atoms with Crippen LogP contribution in [0.3, 0.4) is 0 Å². The van der Waals surface area contributed by atoms with Crippen molar-refractivity contribution >= 4 is 23.2 Å². The Hall–Kier alpha value is -2.00. The monoisotopic (exact) mass is 317 g/mol. The number of rotatable bonds is 6. The summed E-state index contributed by atoms with van der Waals surface area (Å²) in [6, 6.07) is 13.3. The number of hydrogen-bond donors (Lipinski definition) is 1.